The molecule has 4 aliphatic rings. The highest BCUT2D eigenvalue weighted by Gasteiger charge is 2.60. The number of hydrogen-bond acceptors (Lipinski definition) is 8. The molecule has 2 saturated heterocycles. The molecule has 8 heterocycles. The number of amides is 1. The quantitative estimate of drug-likeness (QED) is 0.170. The summed E-state index contributed by atoms with van der Waals surface area (Å²) in [6, 6.07) is 10.9. The number of rotatable bonds is 7. The Labute approximate surface area is 380 Å². The van der Waals surface area contributed by atoms with E-state index >= 15 is 18.0 Å². The van der Waals surface area contributed by atoms with E-state index in [1.165, 1.54) is 27.6 Å². The monoisotopic (exact) mass is 912 g/mol. The summed E-state index contributed by atoms with van der Waals surface area (Å²) in [6.07, 6.45) is 7.78. The van der Waals surface area contributed by atoms with Crippen LogP contribution in [0, 0.1) is 37.2 Å². The van der Waals surface area contributed by atoms with Gasteiger partial charge in [0.05, 0.1) is 51.3 Å². The molecule has 0 spiro atoms. The fourth-order valence-corrected chi connectivity index (χ4v) is 11.8. The van der Waals surface area contributed by atoms with Crippen LogP contribution in [0.3, 0.4) is 0 Å². The number of carbonyl (C=O) groups is 1. The first-order valence-electron chi connectivity index (χ1n) is 22.7. The number of benzene rings is 3. The molecule has 5 atom stereocenters. The smallest absolute Gasteiger partial charge is 0.376 e. The second kappa shape index (κ2) is 14.3. The van der Waals surface area contributed by atoms with E-state index in [9.17, 15) is 9.59 Å². The number of imidazole rings is 1. The lowest BCUT2D eigenvalue weighted by Crippen LogP contribution is -2.43. The van der Waals surface area contributed by atoms with Crippen LogP contribution >= 0.6 is 0 Å². The molecule has 8 aromatic rings. The van der Waals surface area contributed by atoms with Gasteiger partial charge in [0.1, 0.15) is 28.7 Å². The Balaban J connectivity index is 1.03. The predicted molar refractivity (Wildman–Crippen MR) is 240 cm³/mol. The summed E-state index contributed by atoms with van der Waals surface area (Å²) in [4.78, 5) is 47.6. The van der Waals surface area contributed by atoms with Gasteiger partial charge >= 0.3 is 11.4 Å². The number of hydrogen-bond donors (Lipinski definition) is 1. The molecule has 67 heavy (non-hydrogen) atoms. The zero-order chi connectivity index (χ0) is 46.6. The van der Waals surface area contributed by atoms with Crippen LogP contribution in [0.2, 0.25) is 0 Å². The average Bonchev–Trinajstić information content (AvgIpc) is 4.00. The topological polar surface area (TPSA) is 156 Å². The van der Waals surface area contributed by atoms with Crippen molar-refractivity contribution in [3.8, 4) is 17.2 Å². The van der Waals surface area contributed by atoms with Crippen molar-refractivity contribution in [3.05, 3.63) is 139 Å². The molecule has 2 bridgehead atoms. The van der Waals surface area contributed by atoms with Crippen molar-refractivity contribution in [3.63, 3.8) is 0 Å². The molecule has 15 nitrogen and oxygen atoms in total. The SMILES string of the molecule is Cc1cc(-n2nc3c(c2-n2ccn(-c4ccc5c(cnn5C)c4F)c2=O)[C@@H]2CC[C@H](C3)N2C(=O)c2cc3cc([C@H]4CCOC(C)(C)C4)cc(F)c3n2[C@@]2(c3noc(=O)[nH]3)C[C@@H]2C)cc(C)c1F. The van der Waals surface area contributed by atoms with Gasteiger partial charge in [0, 0.05) is 49.5 Å². The van der Waals surface area contributed by atoms with E-state index < -0.39 is 34.7 Å². The standard InChI is InChI=1S/C49H47F3N10O5/c1-24-15-31(16-25(2)40(24)51)62-43(59-13-12-58(47(59)65)37-10-9-35-32(41(37)52)23-53-57(35)6)39-34(55-62)20-30-7-8-36(39)60(30)44(63)38-19-29-17-28(27-11-14-66-48(4,5)22-27)18-33(50)42(29)61(38)49(21-26(49)3)45-54-46(64)67-56-45/h9-10,12-13,15-19,23,26-27,30,36H,7-8,11,14,20-22H2,1-6H3,(H,54,56,64)/t26-,27-,30+,36-,49-/m0/s1. The molecule has 3 fully saturated rings. The Morgan fingerprint density at radius 2 is 1.70 bits per heavy atom. The van der Waals surface area contributed by atoms with Crippen molar-refractivity contribution in [2.45, 2.75) is 102 Å². The second-order valence-corrected chi connectivity index (χ2v) is 19.6. The zero-order valence-electron chi connectivity index (χ0n) is 37.7. The second-order valence-electron chi connectivity index (χ2n) is 19.6. The maximum absolute atomic E-state index is 17.1. The summed E-state index contributed by atoms with van der Waals surface area (Å²) in [5.41, 5.74) is 2.31. The van der Waals surface area contributed by atoms with Crippen molar-refractivity contribution in [1.29, 1.82) is 0 Å². The van der Waals surface area contributed by atoms with Gasteiger partial charge in [0.2, 0.25) is 0 Å². The number of nitrogens with one attached hydrogen (secondary N) is 1. The third kappa shape index (κ3) is 5.99. The fourth-order valence-electron chi connectivity index (χ4n) is 11.8. The van der Waals surface area contributed by atoms with Crippen molar-refractivity contribution in [1.82, 2.24) is 48.3 Å². The highest BCUT2D eigenvalue weighted by atomic mass is 19.1. The molecule has 1 aliphatic carbocycles. The molecule has 1 amide bonds. The number of aromatic amines is 1. The summed E-state index contributed by atoms with van der Waals surface area (Å²) in [7, 11) is 1.71. The summed E-state index contributed by atoms with van der Waals surface area (Å²) < 4.78 is 67.0. The molecule has 344 valence electrons. The normalized spacial score (nSPS) is 23.1. The van der Waals surface area contributed by atoms with Gasteiger partial charge in [-0.2, -0.15) is 10.2 Å². The van der Waals surface area contributed by atoms with Crippen LogP contribution in [-0.2, 0) is 23.7 Å². The third-order valence-electron chi connectivity index (χ3n) is 15.0. The van der Waals surface area contributed by atoms with Crippen molar-refractivity contribution in [2.24, 2.45) is 13.0 Å². The summed E-state index contributed by atoms with van der Waals surface area (Å²) in [5, 5.41) is 14.2. The van der Waals surface area contributed by atoms with Crippen molar-refractivity contribution < 1.29 is 27.2 Å². The summed E-state index contributed by atoms with van der Waals surface area (Å²) in [6.45, 7) is 9.88. The van der Waals surface area contributed by atoms with E-state index in [-0.39, 0.29) is 63.3 Å². The van der Waals surface area contributed by atoms with Crippen LogP contribution in [-0.4, -0.2) is 72.5 Å². The number of aromatic nitrogens is 9. The van der Waals surface area contributed by atoms with E-state index in [4.69, 9.17) is 14.4 Å². The van der Waals surface area contributed by atoms with E-state index in [0.717, 1.165) is 12.0 Å². The van der Waals surface area contributed by atoms with Crippen LogP contribution in [0.1, 0.15) is 109 Å². The minimum atomic E-state index is -1.10. The van der Waals surface area contributed by atoms with Crippen LogP contribution in [0.4, 0.5) is 13.2 Å². The van der Waals surface area contributed by atoms with Crippen LogP contribution < -0.4 is 11.4 Å². The molecule has 0 unspecified atom stereocenters. The van der Waals surface area contributed by atoms with Crippen molar-refractivity contribution in [2.75, 3.05) is 6.61 Å². The minimum Gasteiger partial charge on any atom is -0.376 e. The highest BCUT2D eigenvalue weighted by molar-refractivity contribution is 6.00. The van der Waals surface area contributed by atoms with Gasteiger partial charge in [-0.15, -0.1) is 0 Å². The van der Waals surface area contributed by atoms with E-state index in [1.807, 2.05) is 31.7 Å². The number of H-pyrrole nitrogens is 1. The first-order valence-corrected chi connectivity index (χ1v) is 22.7. The lowest BCUT2D eigenvalue weighted by Gasteiger charge is -2.36. The molecular formula is C49H47F3N10O5. The molecule has 12 rings (SSSR count). The number of ether oxygens (including phenoxy) is 1. The Hall–Kier alpha value is -6.95. The van der Waals surface area contributed by atoms with Gasteiger partial charge in [-0.1, -0.05) is 12.1 Å². The number of aryl methyl sites for hydroxylation is 3. The molecule has 1 N–H and O–H groups in total. The van der Waals surface area contributed by atoms with E-state index in [2.05, 4.69) is 15.2 Å². The first kappa shape index (κ1) is 41.5. The minimum absolute atomic E-state index is 0.0239. The van der Waals surface area contributed by atoms with Gasteiger partial charge in [-0.3, -0.25) is 28.1 Å². The highest BCUT2D eigenvalue weighted by Crippen LogP contribution is 2.57. The maximum atomic E-state index is 17.1. The first-order chi connectivity index (χ1) is 32.0. The summed E-state index contributed by atoms with van der Waals surface area (Å²) >= 11 is 0. The average molecular weight is 913 g/mol. The number of halogens is 3. The van der Waals surface area contributed by atoms with E-state index in [0.29, 0.717) is 83.5 Å². The Bertz CT molecular complexity index is 3510. The zero-order valence-corrected chi connectivity index (χ0v) is 37.7. The summed E-state index contributed by atoms with van der Waals surface area (Å²) in [5.74, 6) is -2.21. The molecule has 18 heteroatoms. The Kier molecular flexibility index (Phi) is 8.84. The molecular weight excluding hydrogens is 866 g/mol. The molecule has 3 aromatic carbocycles. The molecule has 0 radical (unpaired) electrons. The van der Waals surface area contributed by atoms with E-state index in [1.54, 1.807) is 71.4 Å². The molecule has 3 aliphatic heterocycles. The van der Waals surface area contributed by atoms with Crippen LogP contribution in [0.15, 0.2) is 75.2 Å². The Morgan fingerprint density at radius 3 is 2.42 bits per heavy atom. The fraction of sp³-hybridized carbons (Fsp3) is 0.388. The number of nitrogens with zero attached hydrogens (tertiary/aromatic N) is 9. The van der Waals surface area contributed by atoms with Crippen LogP contribution in [0.25, 0.3) is 39.0 Å². The lowest BCUT2D eigenvalue weighted by molar-refractivity contribution is -0.0593. The van der Waals surface area contributed by atoms with Gasteiger partial charge in [-0.05, 0) is 131 Å². The van der Waals surface area contributed by atoms with Gasteiger partial charge in [0.25, 0.3) is 5.91 Å². The lowest BCUT2D eigenvalue weighted by atomic mass is 9.83. The predicted octanol–water partition coefficient (Wildman–Crippen LogP) is 7.72. The van der Waals surface area contributed by atoms with Gasteiger partial charge < -0.3 is 14.2 Å². The number of carbonyl (C=O) groups excluding carboxylic acids is 1. The van der Waals surface area contributed by atoms with Gasteiger partial charge in [-0.25, -0.2) is 27.4 Å². The van der Waals surface area contributed by atoms with Crippen molar-refractivity contribution >= 4 is 27.7 Å². The number of fused-ring (bicyclic) bond motifs is 6. The largest absolute Gasteiger partial charge is 0.438 e. The van der Waals surface area contributed by atoms with Crippen LogP contribution in [0.5, 0.6) is 0 Å². The molecule has 1 saturated carbocycles. The van der Waals surface area contributed by atoms with Gasteiger partial charge in [0.15, 0.2) is 11.6 Å². The third-order valence-corrected chi connectivity index (χ3v) is 15.0. The Morgan fingerprint density at radius 1 is 0.940 bits per heavy atom. The maximum Gasteiger partial charge on any atom is 0.438 e. The molecule has 5 aromatic heterocycles.